The number of likely N-dealkylation sites (tertiary alicyclic amines) is 1. The molecule has 0 saturated carbocycles. The summed E-state index contributed by atoms with van der Waals surface area (Å²) in [5.74, 6) is -0.498. The van der Waals surface area contributed by atoms with Gasteiger partial charge in [-0.3, -0.25) is 4.79 Å². The van der Waals surface area contributed by atoms with Crippen molar-refractivity contribution in [3.63, 3.8) is 0 Å². The Bertz CT molecular complexity index is 190. The third-order valence-corrected chi connectivity index (χ3v) is 2.45. The molecule has 5 heteroatoms. The summed E-state index contributed by atoms with van der Waals surface area (Å²) < 4.78 is 5.14. The molecule has 0 aromatic rings. The summed E-state index contributed by atoms with van der Waals surface area (Å²) in [5.41, 5.74) is 5.33. The normalized spacial score (nSPS) is 21.9. The van der Waals surface area contributed by atoms with Crippen molar-refractivity contribution in [1.82, 2.24) is 4.90 Å². The molecule has 1 aliphatic rings. The van der Waals surface area contributed by atoms with Crippen LogP contribution in [0.1, 0.15) is 12.8 Å². The first kappa shape index (κ1) is 11.4. The van der Waals surface area contributed by atoms with Gasteiger partial charge in [0.2, 0.25) is 0 Å². The van der Waals surface area contributed by atoms with Gasteiger partial charge in [-0.05, 0) is 19.9 Å². The summed E-state index contributed by atoms with van der Waals surface area (Å²) in [7, 11) is 2.04. The van der Waals surface area contributed by atoms with Gasteiger partial charge in [0.15, 0.2) is 0 Å². The number of nitrogens with two attached hydrogens (primary N) is 1. The molecule has 0 amide bonds. The van der Waals surface area contributed by atoms with Crippen LogP contribution in [0.5, 0.6) is 0 Å². The van der Waals surface area contributed by atoms with Crippen LogP contribution in [-0.2, 0) is 9.53 Å². The molecule has 0 aliphatic carbocycles. The van der Waals surface area contributed by atoms with E-state index in [1.165, 1.54) is 0 Å². The van der Waals surface area contributed by atoms with Gasteiger partial charge in [0, 0.05) is 13.1 Å². The average Bonchev–Trinajstić information content (AvgIpc) is 2.20. The van der Waals surface area contributed by atoms with E-state index in [9.17, 15) is 4.79 Å². The van der Waals surface area contributed by atoms with E-state index in [-0.39, 0.29) is 12.7 Å². The van der Waals surface area contributed by atoms with Crippen molar-refractivity contribution in [1.29, 1.82) is 0 Å². The maximum Gasteiger partial charge on any atom is 0.325 e. The van der Waals surface area contributed by atoms with Crippen molar-refractivity contribution in [2.24, 2.45) is 5.73 Å². The smallest absolute Gasteiger partial charge is 0.325 e. The Morgan fingerprint density at radius 3 is 2.71 bits per heavy atom. The Hall–Kier alpha value is -0.650. The van der Waals surface area contributed by atoms with Crippen LogP contribution in [0.3, 0.4) is 0 Å². The highest BCUT2D eigenvalue weighted by molar-refractivity contribution is 5.75. The van der Waals surface area contributed by atoms with E-state index in [1.54, 1.807) is 0 Å². The van der Waals surface area contributed by atoms with Gasteiger partial charge in [0.05, 0.1) is 6.61 Å². The van der Waals surface area contributed by atoms with Gasteiger partial charge in [0.1, 0.15) is 12.1 Å². The van der Waals surface area contributed by atoms with Gasteiger partial charge in [-0.2, -0.15) is 0 Å². The second kappa shape index (κ2) is 5.29. The number of ether oxygens (including phenoxy) is 1. The number of aliphatic hydroxyl groups excluding tert-OH is 1. The molecule has 1 saturated heterocycles. The number of piperidine rings is 1. The molecule has 1 atom stereocenters. The summed E-state index contributed by atoms with van der Waals surface area (Å²) in [4.78, 5) is 13.4. The topological polar surface area (TPSA) is 75.8 Å². The molecule has 1 fully saturated rings. The fourth-order valence-corrected chi connectivity index (χ4v) is 1.43. The van der Waals surface area contributed by atoms with Crippen LogP contribution < -0.4 is 5.73 Å². The van der Waals surface area contributed by atoms with E-state index in [2.05, 4.69) is 4.90 Å². The largest absolute Gasteiger partial charge is 0.461 e. The molecule has 1 aliphatic heterocycles. The van der Waals surface area contributed by atoms with Crippen molar-refractivity contribution in [3.05, 3.63) is 0 Å². The van der Waals surface area contributed by atoms with Crippen molar-refractivity contribution in [2.75, 3.05) is 26.7 Å². The first-order chi connectivity index (χ1) is 6.63. The molecule has 5 nitrogen and oxygen atoms in total. The molecule has 0 bridgehead atoms. The number of esters is 1. The summed E-state index contributed by atoms with van der Waals surface area (Å²) in [5, 5.41) is 8.64. The van der Waals surface area contributed by atoms with Crippen molar-refractivity contribution in [2.45, 2.75) is 25.0 Å². The highest BCUT2D eigenvalue weighted by Gasteiger charge is 2.22. The molecule has 3 N–H and O–H groups in total. The van der Waals surface area contributed by atoms with Gasteiger partial charge < -0.3 is 20.5 Å². The molecule has 0 aromatic heterocycles. The summed E-state index contributed by atoms with van der Waals surface area (Å²) in [6.07, 6.45) is 1.66. The number of carbonyl (C=O) groups excluding carboxylic acids is 1. The Morgan fingerprint density at radius 1 is 1.64 bits per heavy atom. The van der Waals surface area contributed by atoms with Crippen LogP contribution in [0, 0.1) is 0 Å². The third-order valence-electron chi connectivity index (χ3n) is 2.45. The molecule has 1 heterocycles. The number of nitrogens with zero attached hydrogens (tertiary/aromatic N) is 1. The minimum absolute atomic E-state index is 0.0312. The van der Waals surface area contributed by atoms with Crippen LogP contribution >= 0.6 is 0 Å². The van der Waals surface area contributed by atoms with E-state index < -0.39 is 12.0 Å². The van der Waals surface area contributed by atoms with Crippen molar-refractivity contribution < 1.29 is 14.6 Å². The number of rotatable bonds is 3. The second-order valence-corrected chi connectivity index (χ2v) is 3.73. The summed E-state index contributed by atoms with van der Waals surface area (Å²) >= 11 is 0. The van der Waals surface area contributed by atoms with Gasteiger partial charge in [0.25, 0.3) is 0 Å². The molecular weight excluding hydrogens is 184 g/mol. The quantitative estimate of drug-likeness (QED) is 0.571. The molecule has 1 rings (SSSR count). The van der Waals surface area contributed by atoms with E-state index in [4.69, 9.17) is 15.6 Å². The van der Waals surface area contributed by atoms with Crippen LogP contribution in [-0.4, -0.2) is 54.9 Å². The van der Waals surface area contributed by atoms with Gasteiger partial charge in [-0.1, -0.05) is 0 Å². The van der Waals surface area contributed by atoms with Gasteiger partial charge >= 0.3 is 5.97 Å². The van der Waals surface area contributed by atoms with E-state index >= 15 is 0 Å². The molecule has 0 aromatic carbocycles. The third kappa shape index (κ3) is 3.25. The zero-order valence-corrected chi connectivity index (χ0v) is 8.48. The Balaban J connectivity index is 2.27. The lowest BCUT2D eigenvalue weighted by Crippen LogP contribution is -2.41. The molecule has 14 heavy (non-hydrogen) atoms. The van der Waals surface area contributed by atoms with Crippen LogP contribution in [0.2, 0.25) is 0 Å². The number of hydrogen-bond acceptors (Lipinski definition) is 5. The molecule has 0 unspecified atom stereocenters. The molecule has 0 spiro atoms. The average molecular weight is 202 g/mol. The monoisotopic (exact) mass is 202 g/mol. The lowest BCUT2D eigenvalue weighted by Gasteiger charge is -2.29. The zero-order valence-electron chi connectivity index (χ0n) is 8.48. The lowest BCUT2D eigenvalue weighted by molar-refractivity contribution is -0.153. The molecule has 0 radical (unpaired) electrons. The minimum Gasteiger partial charge on any atom is -0.461 e. The second-order valence-electron chi connectivity index (χ2n) is 3.73. The number of hydrogen-bond donors (Lipinski definition) is 2. The standard InChI is InChI=1S/C9H18N2O3/c1-11-4-2-7(3-5-11)14-9(13)8(10)6-12/h7-8,12H,2-6,10H2,1H3/t8-/m1/s1. The maximum atomic E-state index is 11.2. The predicted molar refractivity (Wildman–Crippen MR) is 51.7 cm³/mol. The van der Waals surface area contributed by atoms with Crippen LogP contribution in [0.25, 0.3) is 0 Å². The van der Waals surface area contributed by atoms with E-state index in [0.717, 1.165) is 25.9 Å². The van der Waals surface area contributed by atoms with Crippen LogP contribution in [0.4, 0.5) is 0 Å². The van der Waals surface area contributed by atoms with E-state index in [0.29, 0.717) is 0 Å². The fraction of sp³-hybridized carbons (Fsp3) is 0.889. The van der Waals surface area contributed by atoms with Gasteiger partial charge in [-0.25, -0.2) is 0 Å². The number of aliphatic hydroxyl groups is 1. The molecule has 82 valence electrons. The minimum atomic E-state index is -0.894. The number of carbonyl (C=O) groups is 1. The lowest BCUT2D eigenvalue weighted by atomic mass is 10.1. The first-order valence-electron chi connectivity index (χ1n) is 4.89. The first-order valence-corrected chi connectivity index (χ1v) is 4.89. The summed E-state index contributed by atoms with van der Waals surface area (Å²) in [6, 6.07) is -0.894. The molecular formula is C9H18N2O3. The Kier molecular flexibility index (Phi) is 4.31. The predicted octanol–water partition coefficient (Wildman–Crippen LogP) is -1.06. The Morgan fingerprint density at radius 2 is 2.21 bits per heavy atom. The maximum absolute atomic E-state index is 11.2. The van der Waals surface area contributed by atoms with Gasteiger partial charge in [-0.15, -0.1) is 0 Å². The summed E-state index contributed by atoms with van der Waals surface area (Å²) in [6.45, 7) is 1.52. The highest BCUT2D eigenvalue weighted by Crippen LogP contribution is 2.12. The Labute approximate surface area is 83.8 Å². The zero-order chi connectivity index (χ0) is 10.6. The SMILES string of the molecule is CN1CCC(OC(=O)[C@H](N)CO)CC1. The van der Waals surface area contributed by atoms with Crippen LogP contribution in [0.15, 0.2) is 0 Å². The highest BCUT2D eigenvalue weighted by atomic mass is 16.5. The van der Waals surface area contributed by atoms with Crippen molar-refractivity contribution >= 4 is 5.97 Å². The fourth-order valence-electron chi connectivity index (χ4n) is 1.43. The van der Waals surface area contributed by atoms with E-state index in [1.807, 2.05) is 7.05 Å². The van der Waals surface area contributed by atoms with Crippen molar-refractivity contribution in [3.8, 4) is 0 Å².